The van der Waals surface area contributed by atoms with Crippen LogP contribution in [-0.4, -0.2) is 35.7 Å². The number of aliphatic hydroxyl groups is 1. The van der Waals surface area contributed by atoms with Gasteiger partial charge in [0, 0.05) is 19.1 Å². The molecule has 1 aromatic carbocycles. The van der Waals surface area contributed by atoms with Gasteiger partial charge >= 0.3 is 0 Å². The van der Waals surface area contributed by atoms with Crippen LogP contribution in [0.5, 0.6) is 0 Å². The lowest BCUT2D eigenvalue weighted by Gasteiger charge is -2.25. The van der Waals surface area contributed by atoms with Crippen molar-refractivity contribution >= 4 is 0 Å². The fraction of sp³-hybridized carbons (Fsp3) is 0.571. The molecule has 1 aromatic rings. The smallest absolute Gasteiger partial charge is 0.181 e. The van der Waals surface area contributed by atoms with E-state index in [0.29, 0.717) is 12.5 Å². The van der Waals surface area contributed by atoms with Gasteiger partial charge in [0.05, 0.1) is 12.6 Å². The Morgan fingerprint density at radius 2 is 2.11 bits per heavy atom. The lowest BCUT2D eigenvalue weighted by Crippen LogP contribution is -2.36. The highest BCUT2D eigenvalue weighted by molar-refractivity contribution is 5.14. The Kier molecular flexibility index (Phi) is 3.61. The number of hydroxylamine groups is 2. The third kappa shape index (κ3) is 2.29. The average Bonchev–Trinajstić information content (AvgIpc) is 2.77. The summed E-state index contributed by atoms with van der Waals surface area (Å²) < 4.78 is 5.63. The van der Waals surface area contributed by atoms with Crippen LogP contribution in [0.25, 0.3) is 0 Å². The molecule has 3 atom stereocenters. The highest BCUT2D eigenvalue weighted by Crippen LogP contribution is 2.35. The molecule has 2 aliphatic heterocycles. The van der Waals surface area contributed by atoms with Crippen LogP contribution in [0.2, 0.25) is 0 Å². The fourth-order valence-corrected chi connectivity index (χ4v) is 2.83. The second kappa shape index (κ2) is 5.36. The third-order valence-electron chi connectivity index (χ3n) is 3.79. The molecule has 1 N–H and O–H groups in total. The maximum absolute atomic E-state index is 9.58. The van der Waals surface area contributed by atoms with Gasteiger partial charge in [0.15, 0.2) is 6.29 Å². The quantitative estimate of drug-likeness (QED) is 0.882. The Balaban J connectivity index is 1.72. The number of aliphatic hydroxyl groups excluding tert-OH is 1. The van der Waals surface area contributed by atoms with Crippen molar-refractivity contribution in [2.45, 2.75) is 31.7 Å². The minimum Gasteiger partial charge on any atom is -0.395 e. The normalized spacial score (nSPS) is 32.4. The summed E-state index contributed by atoms with van der Waals surface area (Å²) in [7, 11) is 0. The molecule has 0 radical (unpaired) electrons. The van der Waals surface area contributed by atoms with Gasteiger partial charge in [-0.1, -0.05) is 30.3 Å². The molecule has 0 aliphatic carbocycles. The van der Waals surface area contributed by atoms with Crippen LogP contribution in [0.1, 0.15) is 18.4 Å². The highest BCUT2D eigenvalue weighted by atomic mass is 16.8. The number of benzene rings is 1. The molecule has 2 saturated heterocycles. The van der Waals surface area contributed by atoms with Crippen LogP contribution in [0.3, 0.4) is 0 Å². The fourth-order valence-electron chi connectivity index (χ4n) is 2.83. The summed E-state index contributed by atoms with van der Waals surface area (Å²) in [4.78, 5) is 5.82. The van der Waals surface area contributed by atoms with E-state index in [1.165, 1.54) is 5.56 Å². The summed E-state index contributed by atoms with van der Waals surface area (Å²) in [5.41, 5.74) is 1.19. The summed E-state index contributed by atoms with van der Waals surface area (Å²) in [6, 6.07) is 10.2. The van der Waals surface area contributed by atoms with Crippen molar-refractivity contribution in [3.05, 3.63) is 35.9 Å². The van der Waals surface area contributed by atoms with Gasteiger partial charge in [0.25, 0.3) is 0 Å². The summed E-state index contributed by atoms with van der Waals surface area (Å²) in [6.07, 6.45) is 1.96. The van der Waals surface area contributed by atoms with Crippen LogP contribution in [0.4, 0.5) is 0 Å². The first-order valence-corrected chi connectivity index (χ1v) is 6.58. The molecule has 18 heavy (non-hydrogen) atoms. The van der Waals surface area contributed by atoms with Crippen LogP contribution < -0.4 is 0 Å². The van der Waals surface area contributed by atoms with Gasteiger partial charge in [0.2, 0.25) is 0 Å². The first kappa shape index (κ1) is 12.1. The molecule has 98 valence electrons. The van der Waals surface area contributed by atoms with Gasteiger partial charge < -0.3 is 9.84 Å². The van der Waals surface area contributed by atoms with E-state index in [9.17, 15) is 5.11 Å². The van der Waals surface area contributed by atoms with E-state index in [4.69, 9.17) is 9.57 Å². The van der Waals surface area contributed by atoms with Crippen LogP contribution in [0, 0.1) is 5.92 Å². The lowest BCUT2D eigenvalue weighted by atomic mass is 9.93. The first-order chi connectivity index (χ1) is 8.88. The Morgan fingerprint density at radius 3 is 2.89 bits per heavy atom. The molecule has 2 heterocycles. The van der Waals surface area contributed by atoms with Crippen molar-refractivity contribution in [3.8, 4) is 0 Å². The maximum Gasteiger partial charge on any atom is 0.181 e. The van der Waals surface area contributed by atoms with Gasteiger partial charge in [-0.05, 0) is 18.4 Å². The predicted molar refractivity (Wildman–Crippen MR) is 66.4 cm³/mol. The van der Waals surface area contributed by atoms with Gasteiger partial charge in [-0.3, -0.25) is 4.84 Å². The highest BCUT2D eigenvalue weighted by Gasteiger charge is 2.44. The van der Waals surface area contributed by atoms with Crippen molar-refractivity contribution in [2.24, 2.45) is 5.92 Å². The second-order valence-electron chi connectivity index (χ2n) is 4.96. The van der Waals surface area contributed by atoms with E-state index in [2.05, 4.69) is 12.1 Å². The minimum atomic E-state index is -0.167. The molecule has 3 rings (SSSR count). The molecule has 0 unspecified atom stereocenters. The van der Waals surface area contributed by atoms with Crippen LogP contribution in [-0.2, 0) is 16.1 Å². The maximum atomic E-state index is 9.58. The number of hydrogen-bond donors (Lipinski definition) is 1. The van der Waals surface area contributed by atoms with Crippen LogP contribution >= 0.6 is 0 Å². The van der Waals surface area contributed by atoms with Crippen molar-refractivity contribution in [2.75, 3.05) is 13.2 Å². The van der Waals surface area contributed by atoms with E-state index >= 15 is 0 Å². The summed E-state index contributed by atoms with van der Waals surface area (Å²) >= 11 is 0. The first-order valence-electron chi connectivity index (χ1n) is 6.58. The van der Waals surface area contributed by atoms with Gasteiger partial charge in [-0.15, -0.1) is 0 Å². The number of nitrogens with zero attached hydrogens (tertiary/aromatic N) is 1. The standard InChI is InChI=1S/C14H19NO3/c16-10-13-12-7-4-8-17-14(12)18-15(13)9-11-5-2-1-3-6-11/h1-3,5-6,12-14,16H,4,7-10H2/t12-,13-,14+/m0/s1. The zero-order chi connectivity index (χ0) is 12.4. The van der Waals surface area contributed by atoms with Gasteiger partial charge in [-0.2, -0.15) is 5.06 Å². The number of hydrogen-bond acceptors (Lipinski definition) is 4. The van der Waals surface area contributed by atoms with Crippen molar-refractivity contribution in [3.63, 3.8) is 0 Å². The van der Waals surface area contributed by atoms with Crippen molar-refractivity contribution in [1.82, 2.24) is 5.06 Å². The van der Waals surface area contributed by atoms with E-state index in [1.807, 2.05) is 23.3 Å². The number of rotatable bonds is 3. The van der Waals surface area contributed by atoms with Crippen molar-refractivity contribution < 1.29 is 14.7 Å². The largest absolute Gasteiger partial charge is 0.395 e. The zero-order valence-electron chi connectivity index (χ0n) is 10.4. The third-order valence-corrected chi connectivity index (χ3v) is 3.79. The van der Waals surface area contributed by atoms with Gasteiger partial charge in [0.1, 0.15) is 0 Å². The number of ether oxygens (including phenoxy) is 1. The topological polar surface area (TPSA) is 41.9 Å². The Labute approximate surface area is 107 Å². The summed E-state index contributed by atoms with van der Waals surface area (Å²) in [5, 5.41) is 11.5. The molecular weight excluding hydrogens is 230 g/mol. The van der Waals surface area contributed by atoms with Gasteiger partial charge in [-0.25, -0.2) is 0 Å². The molecule has 4 heteroatoms. The zero-order valence-corrected chi connectivity index (χ0v) is 10.4. The molecule has 0 saturated carbocycles. The minimum absolute atomic E-state index is 0.0514. The molecule has 0 aromatic heterocycles. The predicted octanol–water partition coefficient (Wildman–Crippen LogP) is 1.55. The number of fused-ring (bicyclic) bond motifs is 1. The Morgan fingerprint density at radius 1 is 1.28 bits per heavy atom. The Hall–Kier alpha value is -0.940. The molecular formula is C14H19NO3. The van der Waals surface area contributed by atoms with E-state index < -0.39 is 0 Å². The summed E-state index contributed by atoms with van der Waals surface area (Å²) in [5.74, 6) is 0.299. The second-order valence-corrected chi connectivity index (χ2v) is 4.96. The lowest BCUT2D eigenvalue weighted by molar-refractivity contribution is -0.255. The molecule has 0 bridgehead atoms. The Bertz CT molecular complexity index is 384. The SMILES string of the molecule is OC[C@H]1[C@@H]2CCCO[C@@H]2ON1Cc1ccccc1. The molecule has 2 aliphatic rings. The molecule has 4 nitrogen and oxygen atoms in total. The van der Waals surface area contributed by atoms with Crippen molar-refractivity contribution in [1.29, 1.82) is 0 Å². The van der Waals surface area contributed by atoms with E-state index in [1.54, 1.807) is 0 Å². The molecule has 0 amide bonds. The van der Waals surface area contributed by atoms with E-state index in [0.717, 1.165) is 19.4 Å². The molecule has 2 fully saturated rings. The van der Waals surface area contributed by atoms with E-state index in [-0.39, 0.29) is 18.9 Å². The average molecular weight is 249 g/mol. The summed E-state index contributed by atoms with van der Waals surface area (Å²) in [6.45, 7) is 1.58. The molecule has 0 spiro atoms. The van der Waals surface area contributed by atoms with Crippen LogP contribution in [0.15, 0.2) is 30.3 Å². The monoisotopic (exact) mass is 249 g/mol.